The van der Waals surface area contributed by atoms with Crippen molar-refractivity contribution in [1.29, 1.82) is 0 Å². The highest BCUT2D eigenvalue weighted by molar-refractivity contribution is 7.89. The van der Waals surface area contributed by atoms with Gasteiger partial charge in [-0.1, -0.05) is 19.9 Å². The van der Waals surface area contributed by atoms with Crippen LogP contribution in [0.1, 0.15) is 36.7 Å². The number of hydrogen-bond acceptors (Lipinski definition) is 3. The van der Waals surface area contributed by atoms with Crippen molar-refractivity contribution in [2.24, 2.45) is 5.92 Å². The second-order valence-corrected chi connectivity index (χ2v) is 6.62. The number of carbonyl (C=O) groups is 1. The maximum absolute atomic E-state index is 12.2. The zero-order valence-corrected chi connectivity index (χ0v) is 12.3. The molecule has 0 bridgehead atoms. The van der Waals surface area contributed by atoms with Crippen LogP contribution in [0, 0.1) is 12.8 Å². The molecule has 2 N–H and O–H groups in total. The Morgan fingerprint density at radius 1 is 1.26 bits per heavy atom. The number of hydrogen-bond donors (Lipinski definition) is 2. The van der Waals surface area contributed by atoms with Crippen molar-refractivity contribution in [3.05, 3.63) is 29.3 Å². The SMILES string of the molecule is Cc1ccc(C(=O)O)cc1S(=O)(=O)NC(C)C(C)C. The molecule has 0 spiro atoms. The van der Waals surface area contributed by atoms with E-state index in [0.29, 0.717) is 5.56 Å². The lowest BCUT2D eigenvalue weighted by Gasteiger charge is -2.18. The van der Waals surface area contributed by atoms with Gasteiger partial charge in [-0.2, -0.15) is 0 Å². The molecule has 19 heavy (non-hydrogen) atoms. The summed E-state index contributed by atoms with van der Waals surface area (Å²) in [6.45, 7) is 7.24. The highest BCUT2D eigenvalue weighted by Crippen LogP contribution is 2.18. The Hall–Kier alpha value is -1.40. The molecule has 0 heterocycles. The summed E-state index contributed by atoms with van der Waals surface area (Å²) in [5.41, 5.74) is 0.483. The minimum absolute atomic E-state index is 0.0138. The number of sulfonamides is 1. The Bertz CT molecular complexity index is 578. The predicted molar refractivity (Wildman–Crippen MR) is 72.8 cm³/mol. The van der Waals surface area contributed by atoms with Crippen LogP contribution >= 0.6 is 0 Å². The van der Waals surface area contributed by atoms with Crippen molar-refractivity contribution in [2.75, 3.05) is 0 Å². The van der Waals surface area contributed by atoms with Crippen LogP contribution < -0.4 is 4.72 Å². The molecule has 1 atom stereocenters. The van der Waals surface area contributed by atoms with E-state index in [2.05, 4.69) is 4.72 Å². The van der Waals surface area contributed by atoms with Gasteiger partial charge in [0.05, 0.1) is 10.5 Å². The van der Waals surface area contributed by atoms with Crippen LogP contribution in [-0.2, 0) is 10.0 Å². The summed E-state index contributed by atoms with van der Waals surface area (Å²) in [5, 5.41) is 8.92. The second-order valence-electron chi connectivity index (χ2n) is 4.94. The van der Waals surface area contributed by atoms with Gasteiger partial charge in [0.2, 0.25) is 10.0 Å². The van der Waals surface area contributed by atoms with Gasteiger partial charge in [0.1, 0.15) is 0 Å². The van der Waals surface area contributed by atoms with Gasteiger partial charge in [-0.25, -0.2) is 17.9 Å². The molecule has 106 valence electrons. The maximum atomic E-state index is 12.2. The molecule has 0 aliphatic heterocycles. The van der Waals surface area contributed by atoms with E-state index in [1.807, 2.05) is 13.8 Å². The Morgan fingerprint density at radius 3 is 2.32 bits per heavy atom. The van der Waals surface area contributed by atoms with E-state index in [-0.39, 0.29) is 22.4 Å². The summed E-state index contributed by atoms with van der Waals surface area (Å²) in [5.74, 6) is -0.994. The highest BCUT2D eigenvalue weighted by atomic mass is 32.2. The topological polar surface area (TPSA) is 83.5 Å². The fourth-order valence-corrected chi connectivity index (χ4v) is 3.13. The van der Waals surface area contributed by atoms with Gasteiger partial charge in [-0.3, -0.25) is 0 Å². The molecular weight excluding hydrogens is 266 g/mol. The Labute approximate surface area is 113 Å². The molecule has 0 fully saturated rings. The third-order valence-electron chi connectivity index (χ3n) is 3.07. The molecule has 0 aliphatic rings. The smallest absolute Gasteiger partial charge is 0.335 e. The summed E-state index contributed by atoms with van der Waals surface area (Å²) in [7, 11) is -3.70. The van der Waals surface area contributed by atoms with E-state index in [4.69, 9.17) is 5.11 Å². The van der Waals surface area contributed by atoms with Gasteiger partial charge >= 0.3 is 5.97 Å². The van der Waals surface area contributed by atoms with Gasteiger partial charge in [0.15, 0.2) is 0 Å². The quantitative estimate of drug-likeness (QED) is 0.867. The van der Waals surface area contributed by atoms with Crippen LogP contribution in [0.15, 0.2) is 23.1 Å². The van der Waals surface area contributed by atoms with Crippen molar-refractivity contribution in [2.45, 2.75) is 38.6 Å². The van der Waals surface area contributed by atoms with Crippen molar-refractivity contribution in [1.82, 2.24) is 4.72 Å². The fourth-order valence-electron chi connectivity index (χ4n) is 1.47. The average Bonchev–Trinajstić information content (AvgIpc) is 2.28. The van der Waals surface area contributed by atoms with Crippen LogP contribution in [0.4, 0.5) is 0 Å². The third-order valence-corrected chi connectivity index (χ3v) is 4.77. The Kier molecular flexibility index (Phi) is 4.70. The monoisotopic (exact) mass is 285 g/mol. The first-order valence-electron chi connectivity index (χ1n) is 6.01. The molecule has 0 saturated carbocycles. The standard InChI is InChI=1S/C13H19NO4S/c1-8(2)10(4)14-19(17,18)12-7-11(13(15)16)6-5-9(12)3/h5-8,10,14H,1-4H3,(H,15,16). The summed E-state index contributed by atoms with van der Waals surface area (Å²) in [6, 6.07) is 3.85. The fraction of sp³-hybridized carbons (Fsp3) is 0.462. The van der Waals surface area contributed by atoms with Crippen molar-refractivity contribution >= 4 is 16.0 Å². The molecule has 0 aliphatic carbocycles. The van der Waals surface area contributed by atoms with Crippen LogP contribution in [-0.4, -0.2) is 25.5 Å². The van der Waals surface area contributed by atoms with E-state index in [1.54, 1.807) is 13.8 Å². The minimum atomic E-state index is -3.70. The molecule has 0 saturated heterocycles. The maximum Gasteiger partial charge on any atom is 0.335 e. The number of aryl methyl sites for hydroxylation is 1. The van der Waals surface area contributed by atoms with Gasteiger partial charge in [0.25, 0.3) is 0 Å². The Balaban J connectivity index is 3.21. The lowest BCUT2D eigenvalue weighted by atomic mass is 10.1. The molecule has 1 aromatic rings. The summed E-state index contributed by atoms with van der Waals surface area (Å²) < 4.78 is 27.0. The average molecular weight is 285 g/mol. The normalized spacial score (nSPS) is 13.5. The number of carboxylic acid groups (broad SMARTS) is 1. The number of rotatable bonds is 5. The van der Waals surface area contributed by atoms with E-state index in [9.17, 15) is 13.2 Å². The van der Waals surface area contributed by atoms with Crippen molar-refractivity contribution in [3.63, 3.8) is 0 Å². The molecular formula is C13H19NO4S. The lowest BCUT2D eigenvalue weighted by molar-refractivity contribution is 0.0696. The van der Waals surface area contributed by atoms with Gasteiger partial charge in [-0.15, -0.1) is 0 Å². The Morgan fingerprint density at radius 2 is 1.84 bits per heavy atom. The van der Waals surface area contributed by atoms with Crippen LogP contribution in [0.2, 0.25) is 0 Å². The molecule has 1 unspecified atom stereocenters. The van der Waals surface area contributed by atoms with Crippen molar-refractivity contribution in [3.8, 4) is 0 Å². The summed E-state index contributed by atoms with van der Waals surface area (Å²) in [4.78, 5) is 10.9. The second kappa shape index (κ2) is 5.71. The zero-order valence-electron chi connectivity index (χ0n) is 11.5. The zero-order chi connectivity index (χ0) is 14.8. The van der Waals surface area contributed by atoms with E-state index < -0.39 is 16.0 Å². The van der Waals surface area contributed by atoms with Crippen LogP contribution in [0.5, 0.6) is 0 Å². The highest BCUT2D eigenvalue weighted by Gasteiger charge is 2.22. The first-order valence-corrected chi connectivity index (χ1v) is 7.49. The summed E-state index contributed by atoms with van der Waals surface area (Å²) in [6.07, 6.45) is 0. The van der Waals surface area contributed by atoms with Gasteiger partial charge in [-0.05, 0) is 37.5 Å². The minimum Gasteiger partial charge on any atom is -0.478 e. The van der Waals surface area contributed by atoms with Gasteiger partial charge in [0, 0.05) is 6.04 Å². The van der Waals surface area contributed by atoms with Gasteiger partial charge < -0.3 is 5.11 Å². The van der Waals surface area contributed by atoms with E-state index in [0.717, 1.165) is 0 Å². The third kappa shape index (κ3) is 3.78. The first kappa shape index (κ1) is 15.7. The van der Waals surface area contributed by atoms with Crippen molar-refractivity contribution < 1.29 is 18.3 Å². The number of aromatic carboxylic acids is 1. The largest absolute Gasteiger partial charge is 0.478 e. The molecule has 1 rings (SSSR count). The number of carboxylic acids is 1. The predicted octanol–water partition coefficient (Wildman–Crippen LogP) is 2.02. The van der Waals surface area contributed by atoms with Crippen LogP contribution in [0.25, 0.3) is 0 Å². The number of benzene rings is 1. The molecule has 0 radical (unpaired) electrons. The van der Waals surface area contributed by atoms with Crippen LogP contribution in [0.3, 0.4) is 0 Å². The summed E-state index contributed by atoms with van der Waals surface area (Å²) >= 11 is 0. The van der Waals surface area contributed by atoms with E-state index >= 15 is 0 Å². The molecule has 0 aromatic heterocycles. The molecule has 5 nitrogen and oxygen atoms in total. The lowest BCUT2D eigenvalue weighted by Crippen LogP contribution is -2.36. The van der Waals surface area contributed by atoms with E-state index in [1.165, 1.54) is 18.2 Å². The molecule has 6 heteroatoms. The molecule has 1 aromatic carbocycles. The molecule has 0 amide bonds. The number of nitrogens with one attached hydrogen (secondary N) is 1. The first-order chi connectivity index (χ1) is 8.65.